The molecule has 7 nitrogen and oxygen atoms in total. The van der Waals surface area contributed by atoms with Crippen LogP contribution in [0.3, 0.4) is 0 Å². The maximum Gasteiger partial charge on any atom is 0.243 e. The summed E-state index contributed by atoms with van der Waals surface area (Å²) in [5.41, 5.74) is 0. The minimum absolute atomic E-state index is 0.0368. The van der Waals surface area contributed by atoms with Gasteiger partial charge >= 0.3 is 0 Å². The van der Waals surface area contributed by atoms with E-state index in [4.69, 9.17) is 11.6 Å². The fourth-order valence-corrected chi connectivity index (χ4v) is 2.73. The van der Waals surface area contributed by atoms with Crippen LogP contribution in [0.2, 0.25) is 5.02 Å². The highest BCUT2D eigenvalue weighted by Crippen LogP contribution is 2.18. The van der Waals surface area contributed by atoms with Crippen molar-refractivity contribution in [1.82, 2.24) is 24.7 Å². The van der Waals surface area contributed by atoms with Crippen molar-refractivity contribution in [3.8, 4) is 0 Å². The van der Waals surface area contributed by atoms with E-state index in [1.165, 1.54) is 29.3 Å². The lowest BCUT2D eigenvalue weighted by molar-refractivity contribution is 0.552. The van der Waals surface area contributed by atoms with Crippen molar-refractivity contribution in [3.05, 3.63) is 35.9 Å². The van der Waals surface area contributed by atoms with Crippen LogP contribution < -0.4 is 4.72 Å². The van der Waals surface area contributed by atoms with Gasteiger partial charge in [0.1, 0.15) is 4.90 Å². The van der Waals surface area contributed by atoms with Crippen LogP contribution in [0.15, 0.2) is 35.7 Å². The molecule has 0 unspecified atom stereocenters. The highest BCUT2D eigenvalue weighted by Gasteiger charge is 2.17. The average molecular weight is 288 g/mol. The standard InChI is InChI=1S/C9H10ClN5O2S/c10-8-1-2-11-7-9(8)18(16,17)13-4-6-15-5-3-12-14-15/h1-3,5,7,13H,4,6H2. The summed E-state index contributed by atoms with van der Waals surface area (Å²) in [4.78, 5) is 3.70. The number of nitrogens with zero attached hydrogens (tertiary/aromatic N) is 4. The molecule has 0 saturated carbocycles. The van der Waals surface area contributed by atoms with Gasteiger partial charge in [0.2, 0.25) is 10.0 Å². The molecule has 0 bridgehead atoms. The predicted octanol–water partition coefficient (Wildman–Crippen LogP) is 0.305. The van der Waals surface area contributed by atoms with Crippen LogP contribution >= 0.6 is 11.6 Å². The highest BCUT2D eigenvalue weighted by atomic mass is 35.5. The fourth-order valence-electron chi connectivity index (χ4n) is 1.29. The Morgan fingerprint density at radius 2 is 2.22 bits per heavy atom. The minimum Gasteiger partial charge on any atom is -0.263 e. The Balaban J connectivity index is 2.02. The number of rotatable bonds is 5. The molecule has 0 aliphatic heterocycles. The summed E-state index contributed by atoms with van der Waals surface area (Å²) in [5, 5.41) is 7.47. The Kier molecular flexibility index (Phi) is 3.90. The molecule has 0 aliphatic rings. The van der Waals surface area contributed by atoms with Gasteiger partial charge in [0.05, 0.1) is 17.8 Å². The van der Waals surface area contributed by atoms with Gasteiger partial charge in [-0.2, -0.15) is 0 Å². The summed E-state index contributed by atoms with van der Waals surface area (Å²) in [7, 11) is -3.65. The van der Waals surface area contributed by atoms with Crippen molar-refractivity contribution >= 4 is 21.6 Å². The zero-order chi connectivity index (χ0) is 13.0. The molecule has 2 heterocycles. The number of hydrogen-bond donors (Lipinski definition) is 1. The third kappa shape index (κ3) is 3.03. The van der Waals surface area contributed by atoms with Crippen LogP contribution in [0.5, 0.6) is 0 Å². The molecule has 0 radical (unpaired) electrons. The molecule has 0 aromatic carbocycles. The molecular weight excluding hydrogens is 278 g/mol. The molecule has 0 atom stereocenters. The Morgan fingerprint density at radius 1 is 1.39 bits per heavy atom. The van der Waals surface area contributed by atoms with Crippen molar-refractivity contribution in [2.45, 2.75) is 11.4 Å². The zero-order valence-electron chi connectivity index (χ0n) is 9.19. The van der Waals surface area contributed by atoms with Gasteiger partial charge < -0.3 is 0 Å². The number of sulfonamides is 1. The maximum absolute atomic E-state index is 11.9. The normalized spacial score (nSPS) is 11.6. The molecule has 0 saturated heterocycles. The van der Waals surface area contributed by atoms with Crippen molar-refractivity contribution in [1.29, 1.82) is 0 Å². The predicted molar refractivity (Wildman–Crippen MR) is 64.5 cm³/mol. The van der Waals surface area contributed by atoms with Crippen LogP contribution in [0, 0.1) is 0 Å². The van der Waals surface area contributed by atoms with Gasteiger partial charge in [-0.3, -0.25) is 9.67 Å². The topological polar surface area (TPSA) is 89.8 Å². The second-order valence-electron chi connectivity index (χ2n) is 3.37. The molecule has 0 spiro atoms. The molecule has 0 aliphatic carbocycles. The first kappa shape index (κ1) is 12.9. The number of pyridine rings is 1. The summed E-state index contributed by atoms with van der Waals surface area (Å²) in [6.45, 7) is 0.577. The second kappa shape index (κ2) is 5.42. The molecule has 0 fully saturated rings. The third-order valence-corrected chi connectivity index (χ3v) is 4.06. The molecule has 2 aromatic heterocycles. The maximum atomic E-state index is 11.9. The van der Waals surface area contributed by atoms with Crippen LogP contribution in [0.1, 0.15) is 0 Å². The molecule has 2 aromatic rings. The summed E-state index contributed by atoms with van der Waals surface area (Å²) < 4.78 is 27.7. The van der Waals surface area contributed by atoms with Crippen molar-refractivity contribution in [3.63, 3.8) is 0 Å². The van der Waals surface area contributed by atoms with E-state index < -0.39 is 10.0 Å². The summed E-state index contributed by atoms with van der Waals surface area (Å²) in [6.07, 6.45) is 5.80. The molecule has 9 heteroatoms. The number of halogens is 1. The highest BCUT2D eigenvalue weighted by molar-refractivity contribution is 7.89. The van der Waals surface area contributed by atoms with Crippen LogP contribution in [0.25, 0.3) is 0 Å². The van der Waals surface area contributed by atoms with Crippen molar-refractivity contribution < 1.29 is 8.42 Å². The Labute approximate surface area is 109 Å². The molecular formula is C9H10ClN5O2S. The number of hydrogen-bond acceptors (Lipinski definition) is 5. The van der Waals surface area contributed by atoms with Gasteiger partial charge in [-0.15, -0.1) is 5.10 Å². The van der Waals surface area contributed by atoms with Gasteiger partial charge in [0.15, 0.2) is 0 Å². The fraction of sp³-hybridized carbons (Fsp3) is 0.222. The van der Waals surface area contributed by atoms with Crippen LogP contribution in [-0.2, 0) is 16.6 Å². The lowest BCUT2D eigenvalue weighted by Gasteiger charge is -2.07. The van der Waals surface area contributed by atoms with Gasteiger partial charge in [0, 0.05) is 25.1 Å². The summed E-state index contributed by atoms with van der Waals surface area (Å²) in [5.74, 6) is 0. The van der Waals surface area contributed by atoms with E-state index in [2.05, 4.69) is 20.0 Å². The first-order valence-corrected chi connectivity index (χ1v) is 6.89. The molecule has 1 N–H and O–H groups in total. The van der Waals surface area contributed by atoms with Crippen LogP contribution in [0.4, 0.5) is 0 Å². The van der Waals surface area contributed by atoms with Gasteiger partial charge in [-0.05, 0) is 6.07 Å². The van der Waals surface area contributed by atoms with Gasteiger partial charge in [-0.1, -0.05) is 16.8 Å². The van der Waals surface area contributed by atoms with E-state index in [-0.39, 0.29) is 16.5 Å². The summed E-state index contributed by atoms with van der Waals surface area (Å²) in [6, 6.07) is 1.42. The van der Waals surface area contributed by atoms with E-state index in [0.717, 1.165) is 0 Å². The quantitative estimate of drug-likeness (QED) is 0.854. The van der Waals surface area contributed by atoms with Crippen molar-refractivity contribution in [2.75, 3.05) is 6.54 Å². The minimum atomic E-state index is -3.65. The van der Waals surface area contributed by atoms with Gasteiger partial charge in [0.25, 0.3) is 0 Å². The first-order chi connectivity index (χ1) is 8.59. The SMILES string of the molecule is O=S(=O)(NCCn1ccnn1)c1cnccc1Cl. The lowest BCUT2D eigenvalue weighted by Crippen LogP contribution is -2.28. The van der Waals surface area contributed by atoms with Gasteiger partial charge in [-0.25, -0.2) is 13.1 Å². The Bertz CT molecular complexity index is 614. The molecule has 18 heavy (non-hydrogen) atoms. The Morgan fingerprint density at radius 3 is 2.89 bits per heavy atom. The smallest absolute Gasteiger partial charge is 0.243 e. The molecule has 96 valence electrons. The zero-order valence-corrected chi connectivity index (χ0v) is 10.8. The van der Waals surface area contributed by atoms with Crippen LogP contribution in [-0.4, -0.2) is 34.9 Å². The van der Waals surface area contributed by atoms with E-state index in [1.54, 1.807) is 6.20 Å². The van der Waals surface area contributed by atoms with E-state index in [1.807, 2.05) is 0 Å². The number of aromatic nitrogens is 4. The first-order valence-electron chi connectivity index (χ1n) is 5.03. The second-order valence-corrected chi connectivity index (χ2v) is 5.51. The largest absolute Gasteiger partial charge is 0.263 e. The van der Waals surface area contributed by atoms with Crippen molar-refractivity contribution in [2.24, 2.45) is 0 Å². The monoisotopic (exact) mass is 287 g/mol. The Hall–Kier alpha value is -1.51. The molecule has 2 rings (SSSR count). The third-order valence-electron chi connectivity index (χ3n) is 2.13. The summed E-state index contributed by atoms with van der Waals surface area (Å²) >= 11 is 5.80. The number of nitrogens with one attached hydrogen (secondary N) is 1. The van der Waals surface area contributed by atoms with E-state index in [0.29, 0.717) is 6.54 Å². The lowest BCUT2D eigenvalue weighted by atomic mass is 10.5. The van der Waals surface area contributed by atoms with E-state index in [9.17, 15) is 8.42 Å². The van der Waals surface area contributed by atoms with E-state index >= 15 is 0 Å². The average Bonchev–Trinajstić information content (AvgIpc) is 2.82. The molecule has 0 amide bonds.